The van der Waals surface area contributed by atoms with Gasteiger partial charge in [-0.05, 0) is 56.0 Å². The Balaban J connectivity index is 1.36. The Morgan fingerprint density at radius 1 is 1.10 bits per heavy atom. The van der Waals surface area contributed by atoms with E-state index in [9.17, 15) is 4.79 Å². The first-order chi connectivity index (χ1) is 14.3. The molecule has 1 aliphatic heterocycles. The largest absolute Gasteiger partial charge is 0.364 e. The number of carbonyl (C=O) groups excluding carboxylic acids is 1. The highest BCUT2D eigenvalue weighted by molar-refractivity contribution is 5.94. The van der Waals surface area contributed by atoms with Crippen molar-refractivity contribution in [2.24, 2.45) is 0 Å². The monoisotopic (exact) mass is 390 g/mol. The van der Waals surface area contributed by atoms with Gasteiger partial charge >= 0.3 is 0 Å². The van der Waals surface area contributed by atoms with Gasteiger partial charge in [-0.2, -0.15) is 5.10 Å². The molecule has 29 heavy (non-hydrogen) atoms. The van der Waals surface area contributed by atoms with Crippen LogP contribution in [-0.4, -0.2) is 43.1 Å². The minimum atomic E-state index is 0.0685. The van der Waals surface area contributed by atoms with Crippen LogP contribution in [0.4, 0.5) is 5.82 Å². The van der Waals surface area contributed by atoms with Gasteiger partial charge in [-0.15, -0.1) is 0 Å². The maximum absolute atomic E-state index is 13.1. The van der Waals surface area contributed by atoms with Crippen LogP contribution in [0.2, 0.25) is 0 Å². The second-order valence-corrected chi connectivity index (χ2v) is 7.31. The average Bonchev–Trinajstić information content (AvgIpc) is 3.31. The zero-order chi connectivity index (χ0) is 19.9. The van der Waals surface area contributed by atoms with Gasteiger partial charge in [0.1, 0.15) is 5.82 Å². The number of hydrogen-bond acceptors (Lipinski definition) is 5. The van der Waals surface area contributed by atoms with Gasteiger partial charge in [-0.25, -0.2) is 4.98 Å². The van der Waals surface area contributed by atoms with Crippen LogP contribution in [0.15, 0.2) is 61.2 Å². The van der Waals surface area contributed by atoms with Crippen LogP contribution in [0.3, 0.4) is 0 Å². The van der Waals surface area contributed by atoms with Crippen LogP contribution in [0.25, 0.3) is 0 Å². The fourth-order valence-electron chi connectivity index (χ4n) is 3.76. The summed E-state index contributed by atoms with van der Waals surface area (Å²) in [5.41, 5.74) is 1.59. The molecule has 0 radical (unpaired) electrons. The van der Waals surface area contributed by atoms with E-state index >= 15 is 0 Å². The molecule has 0 spiro atoms. The van der Waals surface area contributed by atoms with Crippen molar-refractivity contribution in [2.45, 2.75) is 44.8 Å². The number of aromatic nitrogens is 4. The van der Waals surface area contributed by atoms with Gasteiger partial charge in [0.25, 0.3) is 5.91 Å². The third-order valence-electron chi connectivity index (χ3n) is 5.33. The number of likely N-dealkylation sites (tertiary alicyclic amines) is 1. The van der Waals surface area contributed by atoms with E-state index in [1.807, 2.05) is 52.2 Å². The number of anilines is 1. The summed E-state index contributed by atoms with van der Waals surface area (Å²) in [6.45, 7) is 2.24. The van der Waals surface area contributed by atoms with Crippen molar-refractivity contribution in [2.75, 3.05) is 11.9 Å². The van der Waals surface area contributed by atoms with E-state index in [1.165, 1.54) is 6.42 Å². The smallest absolute Gasteiger partial charge is 0.255 e. The number of aryl methyl sites for hydroxylation is 1. The van der Waals surface area contributed by atoms with Crippen molar-refractivity contribution in [1.82, 2.24) is 24.6 Å². The third kappa shape index (κ3) is 4.99. The van der Waals surface area contributed by atoms with Gasteiger partial charge in [0.2, 0.25) is 0 Å². The Bertz CT molecular complexity index is 895. The summed E-state index contributed by atoms with van der Waals surface area (Å²) in [7, 11) is 0. The highest BCUT2D eigenvalue weighted by Gasteiger charge is 2.27. The van der Waals surface area contributed by atoms with Gasteiger partial charge in [0.05, 0.1) is 17.8 Å². The lowest BCUT2D eigenvalue weighted by atomic mass is 9.98. The molecule has 1 aliphatic rings. The molecule has 7 heteroatoms. The minimum Gasteiger partial charge on any atom is -0.364 e. The molecule has 0 bridgehead atoms. The number of piperidine rings is 1. The molecular formula is C22H26N6O. The maximum atomic E-state index is 13.1. The van der Waals surface area contributed by atoms with Crippen molar-refractivity contribution in [3.05, 3.63) is 72.4 Å². The van der Waals surface area contributed by atoms with Crippen molar-refractivity contribution in [3.63, 3.8) is 0 Å². The molecule has 3 aromatic heterocycles. The second-order valence-electron chi connectivity index (χ2n) is 7.31. The Kier molecular flexibility index (Phi) is 6.14. The highest BCUT2D eigenvalue weighted by Crippen LogP contribution is 2.22. The molecule has 0 saturated carbocycles. The Labute approximate surface area is 170 Å². The molecule has 4 rings (SSSR count). The number of pyridine rings is 2. The summed E-state index contributed by atoms with van der Waals surface area (Å²) in [5.74, 6) is 0.806. The Morgan fingerprint density at radius 3 is 2.83 bits per heavy atom. The number of nitrogens with one attached hydrogen (secondary N) is 1. The summed E-state index contributed by atoms with van der Waals surface area (Å²) in [6.07, 6.45) is 11.4. The normalized spacial score (nSPS) is 16.6. The lowest BCUT2D eigenvalue weighted by Crippen LogP contribution is -2.44. The van der Waals surface area contributed by atoms with E-state index in [0.717, 1.165) is 43.9 Å². The summed E-state index contributed by atoms with van der Waals surface area (Å²) < 4.78 is 1.93. The predicted octanol–water partition coefficient (Wildman–Crippen LogP) is 3.37. The number of rotatable bonds is 7. The molecule has 1 atom stereocenters. The van der Waals surface area contributed by atoms with Crippen LogP contribution < -0.4 is 5.32 Å². The topological polar surface area (TPSA) is 75.9 Å². The molecule has 150 valence electrons. The molecular weight excluding hydrogens is 364 g/mol. The summed E-state index contributed by atoms with van der Waals surface area (Å²) in [6, 6.07) is 11.7. The summed E-state index contributed by atoms with van der Waals surface area (Å²) in [4.78, 5) is 23.8. The standard InChI is InChI=1S/C22H26N6O/c29-22(28-14-4-2-7-20(28)10-15-27-13-5-12-26-27)18-8-9-21(24-16-18)25-17-19-6-1-3-11-23-19/h1,3,5-6,8-9,11-13,16,20H,2,4,7,10,14-15,17H2,(H,24,25)/t20-/m1/s1. The zero-order valence-corrected chi connectivity index (χ0v) is 16.4. The SMILES string of the molecule is O=C(c1ccc(NCc2ccccn2)nc1)N1CCCC[C@@H]1CCn1cccn1. The van der Waals surface area contributed by atoms with E-state index in [4.69, 9.17) is 0 Å². The molecule has 7 nitrogen and oxygen atoms in total. The van der Waals surface area contributed by atoms with Crippen molar-refractivity contribution < 1.29 is 4.79 Å². The predicted molar refractivity (Wildman–Crippen MR) is 111 cm³/mol. The van der Waals surface area contributed by atoms with E-state index in [0.29, 0.717) is 12.1 Å². The number of amides is 1. The Hall–Kier alpha value is -3.22. The van der Waals surface area contributed by atoms with E-state index < -0.39 is 0 Å². The highest BCUT2D eigenvalue weighted by atomic mass is 16.2. The van der Waals surface area contributed by atoms with Gasteiger partial charge in [0, 0.05) is 43.9 Å². The van der Waals surface area contributed by atoms with Crippen LogP contribution in [-0.2, 0) is 13.1 Å². The van der Waals surface area contributed by atoms with Gasteiger partial charge < -0.3 is 10.2 Å². The van der Waals surface area contributed by atoms with E-state index in [1.54, 1.807) is 18.6 Å². The Morgan fingerprint density at radius 2 is 2.07 bits per heavy atom. The van der Waals surface area contributed by atoms with E-state index in [-0.39, 0.29) is 11.9 Å². The van der Waals surface area contributed by atoms with Crippen molar-refractivity contribution in [1.29, 1.82) is 0 Å². The molecule has 1 amide bonds. The fraction of sp³-hybridized carbons (Fsp3) is 0.364. The lowest BCUT2D eigenvalue weighted by molar-refractivity contribution is 0.0593. The molecule has 0 aliphatic carbocycles. The third-order valence-corrected chi connectivity index (χ3v) is 5.33. The summed E-state index contributed by atoms with van der Waals surface area (Å²) >= 11 is 0. The van der Waals surface area contributed by atoms with E-state index in [2.05, 4.69) is 20.4 Å². The van der Waals surface area contributed by atoms with Gasteiger partial charge in [0.15, 0.2) is 0 Å². The first-order valence-electron chi connectivity index (χ1n) is 10.2. The number of carbonyl (C=O) groups is 1. The van der Waals surface area contributed by atoms with Crippen LogP contribution in [0.1, 0.15) is 41.7 Å². The maximum Gasteiger partial charge on any atom is 0.255 e. The summed E-state index contributed by atoms with van der Waals surface area (Å²) in [5, 5.41) is 7.51. The molecule has 1 N–H and O–H groups in total. The molecule has 0 aromatic carbocycles. The fourth-order valence-corrected chi connectivity index (χ4v) is 3.76. The van der Waals surface area contributed by atoms with Crippen molar-refractivity contribution in [3.8, 4) is 0 Å². The molecule has 4 heterocycles. The quantitative estimate of drug-likeness (QED) is 0.669. The molecule has 1 fully saturated rings. The van der Waals surface area contributed by atoms with Crippen molar-refractivity contribution >= 4 is 11.7 Å². The minimum absolute atomic E-state index is 0.0685. The molecule has 1 saturated heterocycles. The van der Waals surface area contributed by atoms with Crippen LogP contribution in [0, 0.1) is 0 Å². The van der Waals surface area contributed by atoms with Crippen LogP contribution >= 0.6 is 0 Å². The molecule has 0 unspecified atom stereocenters. The number of nitrogens with zero attached hydrogens (tertiary/aromatic N) is 5. The van der Waals surface area contributed by atoms with Gasteiger partial charge in [-0.3, -0.25) is 14.5 Å². The van der Waals surface area contributed by atoms with Crippen LogP contribution in [0.5, 0.6) is 0 Å². The molecule has 3 aromatic rings. The number of hydrogen-bond donors (Lipinski definition) is 1. The second kappa shape index (κ2) is 9.32. The first kappa shape index (κ1) is 19.1. The van der Waals surface area contributed by atoms with Gasteiger partial charge in [-0.1, -0.05) is 6.07 Å². The lowest BCUT2D eigenvalue weighted by Gasteiger charge is -2.36. The zero-order valence-electron chi connectivity index (χ0n) is 16.4. The average molecular weight is 390 g/mol. The first-order valence-corrected chi connectivity index (χ1v) is 10.2.